The first-order valence-corrected chi connectivity index (χ1v) is 8.82. The van der Waals surface area contributed by atoms with E-state index in [1.54, 1.807) is 18.2 Å². The smallest absolute Gasteiger partial charge is 0.220 e. The Balaban J connectivity index is 1.91. The molecule has 23 heavy (non-hydrogen) atoms. The number of halogens is 2. The SMILES string of the molecule is NCC1(CC(=O)NCC(O)c2c(Cl)cccc2Cl)CCCCC1. The Kier molecular flexibility index (Phi) is 6.72. The molecule has 1 fully saturated rings. The fraction of sp³-hybridized carbons (Fsp3) is 0.588. The molecule has 1 aromatic carbocycles. The highest BCUT2D eigenvalue weighted by Crippen LogP contribution is 2.38. The zero-order chi connectivity index (χ0) is 16.9. The van der Waals surface area contributed by atoms with Gasteiger partial charge in [0, 0.05) is 28.6 Å². The van der Waals surface area contributed by atoms with Crippen LogP contribution in [-0.2, 0) is 4.79 Å². The molecule has 1 atom stereocenters. The van der Waals surface area contributed by atoms with Crippen LogP contribution in [0.4, 0.5) is 0 Å². The van der Waals surface area contributed by atoms with E-state index in [4.69, 9.17) is 28.9 Å². The average molecular weight is 359 g/mol. The molecule has 1 unspecified atom stereocenters. The highest BCUT2D eigenvalue weighted by molar-refractivity contribution is 6.36. The molecule has 6 heteroatoms. The fourth-order valence-electron chi connectivity index (χ4n) is 3.30. The first kappa shape index (κ1) is 18.5. The van der Waals surface area contributed by atoms with Crippen molar-refractivity contribution in [2.45, 2.75) is 44.6 Å². The maximum absolute atomic E-state index is 12.2. The van der Waals surface area contributed by atoms with E-state index in [9.17, 15) is 9.90 Å². The third-order valence-electron chi connectivity index (χ3n) is 4.71. The highest BCUT2D eigenvalue weighted by atomic mass is 35.5. The fourth-order valence-corrected chi connectivity index (χ4v) is 3.95. The monoisotopic (exact) mass is 358 g/mol. The van der Waals surface area contributed by atoms with E-state index in [-0.39, 0.29) is 17.9 Å². The first-order chi connectivity index (χ1) is 11.0. The molecule has 0 spiro atoms. The number of hydrogen-bond donors (Lipinski definition) is 3. The highest BCUT2D eigenvalue weighted by Gasteiger charge is 2.33. The second kappa shape index (κ2) is 8.34. The van der Waals surface area contributed by atoms with Crippen molar-refractivity contribution in [2.24, 2.45) is 11.1 Å². The van der Waals surface area contributed by atoms with Crippen molar-refractivity contribution in [2.75, 3.05) is 13.1 Å². The molecule has 0 saturated heterocycles. The molecule has 1 aromatic rings. The van der Waals surface area contributed by atoms with Crippen LogP contribution in [0, 0.1) is 5.41 Å². The maximum Gasteiger partial charge on any atom is 0.220 e. The van der Waals surface area contributed by atoms with Crippen LogP contribution in [0.5, 0.6) is 0 Å². The van der Waals surface area contributed by atoms with Crippen LogP contribution in [0.3, 0.4) is 0 Å². The summed E-state index contributed by atoms with van der Waals surface area (Å²) in [7, 11) is 0. The predicted octanol–water partition coefficient (Wildman–Crippen LogP) is 3.44. The standard InChI is InChI=1S/C17H24Cl2N2O2/c18-12-5-4-6-13(19)16(12)14(22)10-21-15(23)9-17(11-20)7-2-1-3-8-17/h4-6,14,22H,1-3,7-11,20H2,(H,21,23). The Labute approximate surface area is 147 Å². The van der Waals surface area contributed by atoms with Gasteiger partial charge >= 0.3 is 0 Å². The molecule has 0 bridgehead atoms. The van der Waals surface area contributed by atoms with Crippen molar-refractivity contribution >= 4 is 29.1 Å². The number of amides is 1. The quantitative estimate of drug-likeness (QED) is 0.728. The predicted molar refractivity (Wildman–Crippen MR) is 93.6 cm³/mol. The minimum absolute atomic E-state index is 0.0837. The number of hydrogen-bond acceptors (Lipinski definition) is 3. The van der Waals surface area contributed by atoms with Gasteiger partial charge in [-0.25, -0.2) is 0 Å². The van der Waals surface area contributed by atoms with Crippen molar-refractivity contribution in [3.63, 3.8) is 0 Å². The zero-order valence-corrected chi connectivity index (χ0v) is 14.7. The third-order valence-corrected chi connectivity index (χ3v) is 5.37. The second-order valence-electron chi connectivity index (χ2n) is 6.40. The van der Waals surface area contributed by atoms with Crippen LogP contribution in [0.1, 0.15) is 50.2 Å². The summed E-state index contributed by atoms with van der Waals surface area (Å²) < 4.78 is 0. The van der Waals surface area contributed by atoms with Crippen LogP contribution in [0.25, 0.3) is 0 Å². The molecule has 128 valence electrons. The van der Waals surface area contributed by atoms with Crippen molar-refractivity contribution in [3.8, 4) is 0 Å². The molecular weight excluding hydrogens is 335 g/mol. The molecule has 1 amide bonds. The number of rotatable bonds is 6. The maximum atomic E-state index is 12.2. The lowest BCUT2D eigenvalue weighted by Gasteiger charge is -2.35. The van der Waals surface area contributed by atoms with Gasteiger partial charge in [0.25, 0.3) is 0 Å². The van der Waals surface area contributed by atoms with Crippen LogP contribution < -0.4 is 11.1 Å². The first-order valence-electron chi connectivity index (χ1n) is 8.06. The van der Waals surface area contributed by atoms with E-state index in [0.717, 1.165) is 25.7 Å². The molecule has 0 heterocycles. The number of carbonyl (C=O) groups excluding carboxylic acids is 1. The van der Waals surface area contributed by atoms with Crippen molar-refractivity contribution in [3.05, 3.63) is 33.8 Å². The summed E-state index contributed by atoms with van der Waals surface area (Å²) in [6, 6.07) is 5.05. The number of benzene rings is 1. The molecule has 0 aliphatic heterocycles. The van der Waals surface area contributed by atoms with Gasteiger partial charge in [-0.2, -0.15) is 0 Å². The average Bonchev–Trinajstić information content (AvgIpc) is 2.53. The number of nitrogens with one attached hydrogen (secondary N) is 1. The van der Waals surface area contributed by atoms with Crippen molar-refractivity contribution in [1.29, 1.82) is 0 Å². The van der Waals surface area contributed by atoms with Crippen LogP contribution >= 0.6 is 23.2 Å². The van der Waals surface area contributed by atoms with Gasteiger partial charge < -0.3 is 16.2 Å². The van der Waals surface area contributed by atoms with E-state index < -0.39 is 6.10 Å². The Morgan fingerprint density at radius 3 is 2.43 bits per heavy atom. The van der Waals surface area contributed by atoms with E-state index in [0.29, 0.717) is 28.6 Å². The van der Waals surface area contributed by atoms with Gasteiger partial charge in [-0.1, -0.05) is 48.5 Å². The zero-order valence-electron chi connectivity index (χ0n) is 13.2. The summed E-state index contributed by atoms with van der Waals surface area (Å²) in [5.74, 6) is -0.0837. The Morgan fingerprint density at radius 1 is 1.26 bits per heavy atom. The Morgan fingerprint density at radius 2 is 1.87 bits per heavy atom. The topological polar surface area (TPSA) is 75.4 Å². The number of aliphatic hydroxyl groups is 1. The van der Waals surface area contributed by atoms with Gasteiger partial charge in [-0.15, -0.1) is 0 Å². The molecular formula is C17H24Cl2N2O2. The van der Waals surface area contributed by atoms with Crippen LogP contribution in [0.15, 0.2) is 18.2 Å². The van der Waals surface area contributed by atoms with Gasteiger partial charge in [-0.3, -0.25) is 4.79 Å². The lowest BCUT2D eigenvalue weighted by Crippen LogP contribution is -2.39. The number of nitrogens with two attached hydrogens (primary N) is 1. The number of aliphatic hydroxyl groups excluding tert-OH is 1. The molecule has 0 aromatic heterocycles. The Hall–Kier alpha value is -0.810. The summed E-state index contributed by atoms with van der Waals surface area (Å²) in [5.41, 5.74) is 6.27. The molecule has 1 aliphatic carbocycles. The van der Waals surface area contributed by atoms with Gasteiger partial charge in [0.15, 0.2) is 0 Å². The second-order valence-corrected chi connectivity index (χ2v) is 7.21. The lowest BCUT2D eigenvalue weighted by atomic mass is 9.71. The molecule has 2 rings (SSSR count). The number of carbonyl (C=O) groups is 1. The largest absolute Gasteiger partial charge is 0.386 e. The van der Waals surface area contributed by atoms with Crippen LogP contribution in [0.2, 0.25) is 10.0 Å². The summed E-state index contributed by atoms with van der Waals surface area (Å²) in [4.78, 5) is 12.2. The summed E-state index contributed by atoms with van der Waals surface area (Å²) in [6.45, 7) is 0.613. The third kappa shape index (κ3) is 4.83. The molecule has 0 radical (unpaired) electrons. The molecule has 1 saturated carbocycles. The molecule has 1 aliphatic rings. The summed E-state index contributed by atoms with van der Waals surface area (Å²) in [6.07, 6.45) is 4.94. The molecule has 4 N–H and O–H groups in total. The summed E-state index contributed by atoms with van der Waals surface area (Å²) in [5, 5.41) is 13.8. The van der Waals surface area contributed by atoms with Crippen molar-refractivity contribution in [1.82, 2.24) is 5.32 Å². The summed E-state index contributed by atoms with van der Waals surface area (Å²) >= 11 is 12.1. The van der Waals surface area contributed by atoms with Gasteiger partial charge in [0.05, 0.1) is 6.10 Å². The minimum atomic E-state index is -0.930. The normalized spacial score (nSPS) is 18.4. The minimum Gasteiger partial charge on any atom is -0.386 e. The van der Waals surface area contributed by atoms with E-state index in [1.807, 2.05) is 0 Å². The molecule has 4 nitrogen and oxygen atoms in total. The van der Waals surface area contributed by atoms with Gasteiger partial charge in [0.2, 0.25) is 5.91 Å². The van der Waals surface area contributed by atoms with E-state index in [1.165, 1.54) is 6.42 Å². The van der Waals surface area contributed by atoms with Gasteiger partial charge in [-0.05, 0) is 36.9 Å². The van der Waals surface area contributed by atoms with E-state index >= 15 is 0 Å². The van der Waals surface area contributed by atoms with Gasteiger partial charge in [0.1, 0.15) is 0 Å². The van der Waals surface area contributed by atoms with Crippen molar-refractivity contribution < 1.29 is 9.90 Å². The Bertz CT molecular complexity index is 525. The van der Waals surface area contributed by atoms with Crippen LogP contribution in [-0.4, -0.2) is 24.1 Å². The lowest BCUT2D eigenvalue weighted by molar-refractivity contribution is -0.124. The van der Waals surface area contributed by atoms with E-state index in [2.05, 4.69) is 5.32 Å².